The molecule has 0 aliphatic rings. The molecule has 0 atom stereocenters. The molecule has 0 unspecified atom stereocenters. The summed E-state index contributed by atoms with van der Waals surface area (Å²) in [5.41, 5.74) is -3.15. The summed E-state index contributed by atoms with van der Waals surface area (Å²) in [6, 6.07) is 13.1. The molecular weight excluding hydrogens is 701 g/mol. The van der Waals surface area contributed by atoms with Gasteiger partial charge in [-0.1, -0.05) is 120 Å². The number of hydrogen-bond acceptors (Lipinski definition) is 4. The second kappa shape index (κ2) is 22.6. The summed E-state index contributed by atoms with van der Waals surface area (Å²) < 4.78 is 83.9. The Balaban J connectivity index is 0.000000359. The van der Waals surface area contributed by atoms with Crippen LogP contribution in [0.5, 0.6) is 0 Å². The smallest absolute Gasteiger partial charge is 0.433 e. The third-order valence-electron chi connectivity index (χ3n) is 8.86. The lowest BCUT2D eigenvalue weighted by atomic mass is 10.1. The molecule has 0 fully saturated rings. The third kappa shape index (κ3) is 15.3. The SMILES string of the molecule is CCCCCCCCCCNCc1cccs1.O=C(O)CCCCCCCCCc1nc2c(C(F)(F)F)cc(-c3ccccc3)cn2c1C(F)(F)F. The van der Waals surface area contributed by atoms with Gasteiger partial charge in [-0.15, -0.1) is 11.3 Å². The molecule has 0 aliphatic carbocycles. The number of aryl methyl sites for hydroxylation is 1. The van der Waals surface area contributed by atoms with Gasteiger partial charge in [0.1, 0.15) is 5.65 Å². The number of pyridine rings is 1. The molecule has 0 bridgehead atoms. The van der Waals surface area contributed by atoms with Crippen LogP contribution in [0, 0.1) is 0 Å². The van der Waals surface area contributed by atoms with Gasteiger partial charge in [0.15, 0.2) is 5.69 Å². The molecule has 1 aromatic carbocycles. The van der Waals surface area contributed by atoms with Gasteiger partial charge in [0.25, 0.3) is 0 Å². The second-order valence-corrected chi connectivity index (χ2v) is 14.2. The molecular formula is C40H53F6N3O2S. The average Bonchev–Trinajstić information content (AvgIpc) is 3.76. The lowest BCUT2D eigenvalue weighted by Gasteiger charge is -2.14. The topological polar surface area (TPSA) is 66.6 Å². The summed E-state index contributed by atoms with van der Waals surface area (Å²) >= 11 is 1.84. The highest BCUT2D eigenvalue weighted by atomic mass is 32.1. The van der Waals surface area contributed by atoms with Crippen LogP contribution in [0.1, 0.15) is 131 Å². The summed E-state index contributed by atoms with van der Waals surface area (Å²) in [5.74, 6) is -0.845. The first-order chi connectivity index (χ1) is 24.9. The molecule has 4 aromatic rings. The lowest BCUT2D eigenvalue weighted by molar-refractivity contribution is -0.143. The highest BCUT2D eigenvalue weighted by Gasteiger charge is 2.41. The van der Waals surface area contributed by atoms with E-state index < -0.39 is 40.9 Å². The van der Waals surface area contributed by atoms with Crippen molar-refractivity contribution in [2.75, 3.05) is 6.54 Å². The van der Waals surface area contributed by atoms with Gasteiger partial charge in [-0.05, 0) is 60.9 Å². The van der Waals surface area contributed by atoms with E-state index in [4.69, 9.17) is 5.11 Å². The van der Waals surface area contributed by atoms with Crippen LogP contribution in [0.2, 0.25) is 0 Å². The van der Waals surface area contributed by atoms with Gasteiger partial charge in [0, 0.05) is 24.0 Å². The molecule has 0 saturated heterocycles. The van der Waals surface area contributed by atoms with Crippen LogP contribution in [0.4, 0.5) is 26.3 Å². The number of aromatic nitrogens is 2. The van der Waals surface area contributed by atoms with Crippen LogP contribution >= 0.6 is 11.3 Å². The quantitative estimate of drug-likeness (QED) is 0.0619. The van der Waals surface area contributed by atoms with Crippen LogP contribution in [-0.4, -0.2) is 27.0 Å². The zero-order chi connectivity index (χ0) is 37.8. The fourth-order valence-electron chi connectivity index (χ4n) is 6.12. The number of rotatable bonds is 22. The van der Waals surface area contributed by atoms with Crippen molar-refractivity contribution in [2.45, 2.75) is 135 Å². The molecule has 52 heavy (non-hydrogen) atoms. The molecule has 0 aliphatic heterocycles. The van der Waals surface area contributed by atoms with Gasteiger partial charge in [-0.2, -0.15) is 26.3 Å². The molecule has 0 radical (unpaired) electrons. The molecule has 0 amide bonds. The standard InChI is InChI=1S/C25H26F6N2O2.C15H27NS/c26-24(27,28)19-15-18(17-11-7-6-8-12-17)16-33-22(25(29,30)31)20(32-23(19)33)13-9-4-2-1-3-5-10-14-21(34)35;1-2-3-4-5-6-7-8-9-12-16-14-15-11-10-13-17-15/h6-8,11-12,15-16H,1-5,9-10,13-14H2,(H,34,35);10-11,13,16H,2-9,12,14H2,1H3. The first-order valence-electron chi connectivity index (χ1n) is 18.6. The number of carboxylic acid groups (broad SMARTS) is 1. The summed E-state index contributed by atoms with van der Waals surface area (Å²) in [5, 5.41) is 14.3. The van der Waals surface area contributed by atoms with Crippen LogP contribution in [-0.2, 0) is 30.1 Å². The van der Waals surface area contributed by atoms with Gasteiger partial charge >= 0.3 is 18.3 Å². The fourth-order valence-corrected chi connectivity index (χ4v) is 6.80. The van der Waals surface area contributed by atoms with E-state index in [9.17, 15) is 31.1 Å². The molecule has 0 spiro atoms. The fraction of sp³-hybridized carbons (Fsp3) is 0.550. The first-order valence-corrected chi connectivity index (χ1v) is 19.5. The Bertz CT molecular complexity index is 1570. The minimum Gasteiger partial charge on any atom is -0.481 e. The first kappa shape index (κ1) is 43.0. The predicted octanol–water partition coefficient (Wildman–Crippen LogP) is 12.8. The molecule has 0 saturated carbocycles. The van der Waals surface area contributed by atoms with E-state index in [0.29, 0.717) is 29.2 Å². The van der Waals surface area contributed by atoms with Crippen molar-refractivity contribution in [3.63, 3.8) is 0 Å². The molecule has 5 nitrogen and oxygen atoms in total. The number of thiophene rings is 1. The summed E-state index contributed by atoms with van der Waals surface area (Å²) in [4.78, 5) is 15.8. The number of alkyl halides is 6. The van der Waals surface area contributed by atoms with Gasteiger partial charge in [-0.25, -0.2) is 4.98 Å². The number of carbonyl (C=O) groups is 1. The largest absolute Gasteiger partial charge is 0.481 e. The number of aliphatic carboxylic acids is 1. The highest BCUT2D eigenvalue weighted by Crippen LogP contribution is 2.40. The average molecular weight is 754 g/mol. The number of nitrogens with zero attached hydrogens (tertiary/aromatic N) is 2. The van der Waals surface area contributed by atoms with E-state index in [2.05, 4.69) is 34.7 Å². The van der Waals surface area contributed by atoms with Crippen molar-refractivity contribution < 1.29 is 36.2 Å². The molecule has 288 valence electrons. The Morgan fingerprint density at radius 3 is 1.96 bits per heavy atom. The number of halogens is 6. The van der Waals surface area contributed by atoms with Gasteiger partial charge in [-0.3, -0.25) is 9.20 Å². The predicted molar refractivity (Wildman–Crippen MR) is 198 cm³/mol. The lowest BCUT2D eigenvalue weighted by Crippen LogP contribution is -2.14. The van der Waals surface area contributed by atoms with E-state index in [0.717, 1.165) is 44.5 Å². The van der Waals surface area contributed by atoms with Crippen molar-refractivity contribution in [1.29, 1.82) is 0 Å². The van der Waals surface area contributed by atoms with Crippen LogP contribution in [0.15, 0.2) is 60.1 Å². The second-order valence-electron chi connectivity index (χ2n) is 13.2. The van der Waals surface area contributed by atoms with Crippen molar-refractivity contribution >= 4 is 23.0 Å². The number of benzene rings is 1. The maximum atomic E-state index is 14.0. The summed E-state index contributed by atoms with van der Waals surface area (Å²) in [6.07, 6.45) is 7.26. The Morgan fingerprint density at radius 2 is 1.38 bits per heavy atom. The van der Waals surface area contributed by atoms with Gasteiger partial charge in [0.05, 0.1) is 11.3 Å². The van der Waals surface area contributed by atoms with Crippen molar-refractivity contribution in [2.24, 2.45) is 0 Å². The zero-order valence-electron chi connectivity index (χ0n) is 30.1. The summed E-state index contributed by atoms with van der Waals surface area (Å²) in [6.45, 7) is 4.50. The molecule has 2 N–H and O–H groups in total. The van der Waals surface area contributed by atoms with Crippen LogP contribution in [0.25, 0.3) is 16.8 Å². The van der Waals surface area contributed by atoms with E-state index in [1.165, 1.54) is 74.9 Å². The number of carboxylic acids is 1. The monoisotopic (exact) mass is 753 g/mol. The van der Waals surface area contributed by atoms with Crippen LogP contribution in [0.3, 0.4) is 0 Å². The molecule has 3 aromatic heterocycles. The zero-order valence-corrected chi connectivity index (χ0v) is 31.0. The number of hydrogen-bond donors (Lipinski definition) is 2. The van der Waals surface area contributed by atoms with Gasteiger partial charge in [0.2, 0.25) is 0 Å². The van der Waals surface area contributed by atoms with Gasteiger partial charge < -0.3 is 10.4 Å². The van der Waals surface area contributed by atoms with Crippen molar-refractivity contribution in [1.82, 2.24) is 14.7 Å². The third-order valence-corrected chi connectivity index (χ3v) is 9.74. The van der Waals surface area contributed by atoms with E-state index in [1.54, 1.807) is 18.2 Å². The summed E-state index contributed by atoms with van der Waals surface area (Å²) in [7, 11) is 0. The Labute approximate surface area is 307 Å². The Morgan fingerprint density at radius 1 is 0.769 bits per heavy atom. The maximum Gasteiger partial charge on any atom is 0.433 e. The van der Waals surface area contributed by atoms with Crippen molar-refractivity contribution in [3.8, 4) is 11.1 Å². The van der Waals surface area contributed by atoms with Crippen molar-refractivity contribution in [3.05, 3.63) is 81.9 Å². The molecule has 3 heterocycles. The Kier molecular flexibility index (Phi) is 18.7. The maximum absolute atomic E-state index is 14.0. The minimum absolute atomic E-state index is 0.0165. The molecule has 4 rings (SSSR count). The minimum atomic E-state index is -4.88. The number of unbranched alkanes of at least 4 members (excludes halogenated alkanes) is 13. The normalized spacial score (nSPS) is 11.9. The molecule has 12 heteroatoms. The number of imidazole rings is 1. The Hall–Kier alpha value is -3.38. The number of fused-ring (bicyclic) bond motifs is 1. The van der Waals surface area contributed by atoms with E-state index >= 15 is 0 Å². The number of nitrogens with one attached hydrogen (secondary N) is 1. The van der Waals surface area contributed by atoms with Crippen LogP contribution < -0.4 is 5.32 Å². The van der Waals surface area contributed by atoms with E-state index in [1.807, 2.05) is 11.3 Å². The highest BCUT2D eigenvalue weighted by molar-refractivity contribution is 7.09. The van der Waals surface area contributed by atoms with E-state index in [-0.39, 0.29) is 18.4 Å².